The maximum Gasteiger partial charge on any atom is 0.319 e. The van der Waals surface area contributed by atoms with Gasteiger partial charge < -0.3 is 20.6 Å². The van der Waals surface area contributed by atoms with E-state index in [1.165, 1.54) is 0 Å². The number of aliphatic hydroxyl groups excluding tert-OH is 1. The number of carbonyl (C=O) groups is 1. The van der Waals surface area contributed by atoms with E-state index in [9.17, 15) is 9.90 Å². The number of rotatable bonds is 6. The van der Waals surface area contributed by atoms with E-state index >= 15 is 0 Å². The van der Waals surface area contributed by atoms with Crippen molar-refractivity contribution in [2.75, 3.05) is 32.5 Å². The first-order valence-electron chi connectivity index (χ1n) is 7.17. The quantitative estimate of drug-likeness (QED) is 0.755. The van der Waals surface area contributed by atoms with Crippen molar-refractivity contribution in [2.24, 2.45) is 5.41 Å². The van der Waals surface area contributed by atoms with E-state index in [0.29, 0.717) is 12.2 Å². The number of amides is 2. The minimum atomic E-state index is -0.547. The molecule has 5 nitrogen and oxygen atoms in total. The molecule has 0 aliphatic carbocycles. The predicted octanol–water partition coefficient (Wildman–Crippen LogP) is 2.45. The van der Waals surface area contributed by atoms with Crippen molar-refractivity contribution >= 4 is 11.7 Å². The summed E-state index contributed by atoms with van der Waals surface area (Å²) in [6, 6.07) is 6.98. The summed E-state index contributed by atoms with van der Waals surface area (Å²) in [5, 5.41) is 15.2. The first kappa shape index (κ1) is 17.5. The van der Waals surface area contributed by atoms with Crippen molar-refractivity contribution in [1.82, 2.24) is 10.2 Å². The molecule has 0 radical (unpaired) electrons. The maximum atomic E-state index is 11.9. The lowest BCUT2D eigenvalue weighted by molar-refractivity contribution is 0.199. The number of hydrogen-bond acceptors (Lipinski definition) is 3. The zero-order valence-corrected chi connectivity index (χ0v) is 13.6. The Morgan fingerprint density at radius 2 is 2.05 bits per heavy atom. The minimum Gasteiger partial charge on any atom is -0.389 e. The van der Waals surface area contributed by atoms with Gasteiger partial charge in [-0.15, -0.1) is 0 Å². The number of nitrogens with one attached hydrogen (secondary N) is 2. The predicted molar refractivity (Wildman–Crippen MR) is 86.4 cm³/mol. The van der Waals surface area contributed by atoms with Gasteiger partial charge in [-0.05, 0) is 44.1 Å². The molecule has 5 heteroatoms. The van der Waals surface area contributed by atoms with Crippen molar-refractivity contribution in [3.05, 3.63) is 29.8 Å². The minimum absolute atomic E-state index is 0.00228. The van der Waals surface area contributed by atoms with Crippen LogP contribution in [0.25, 0.3) is 0 Å². The van der Waals surface area contributed by atoms with E-state index in [1.54, 1.807) is 19.1 Å². The third kappa shape index (κ3) is 6.60. The smallest absolute Gasteiger partial charge is 0.319 e. The van der Waals surface area contributed by atoms with Crippen molar-refractivity contribution < 1.29 is 9.90 Å². The lowest BCUT2D eigenvalue weighted by Gasteiger charge is -2.28. The Bertz CT molecular complexity index is 470. The van der Waals surface area contributed by atoms with Gasteiger partial charge in [0.25, 0.3) is 0 Å². The average molecular weight is 293 g/mol. The molecule has 0 spiro atoms. The number of urea groups is 1. The normalized spacial score (nSPS) is 13.1. The number of benzene rings is 1. The lowest BCUT2D eigenvalue weighted by Crippen LogP contribution is -2.41. The Morgan fingerprint density at radius 1 is 1.38 bits per heavy atom. The Labute approximate surface area is 127 Å². The van der Waals surface area contributed by atoms with E-state index in [4.69, 9.17) is 0 Å². The number of hydrogen-bond donors (Lipinski definition) is 3. The average Bonchev–Trinajstić information content (AvgIpc) is 2.35. The highest BCUT2D eigenvalue weighted by molar-refractivity contribution is 5.89. The molecule has 0 fully saturated rings. The van der Waals surface area contributed by atoms with Crippen LogP contribution in [0, 0.1) is 5.41 Å². The van der Waals surface area contributed by atoms with Crippen LogP contribution in [-0.4, -0.2) is 43.2 Å². The SMILES string of the molecule is CC(O)c1cccc(NC(=O)NCC(C)(C)CN(C)C)c1. The van der Waals surface area contributed by atoms with Crippen molar-refractivity contribution in [2.45, 2.75) is 26.9 Å². The molecule has 21 heavy (non-hydrogen) atoms. The molecule has 0 saturated carbocycles. The van der Waals surface area contributed by atoms with Gasteiger partial charge in [0.05, 0.1) is 6.10 Å². The van der Waals surface area contributed by atoms with E-state index in [2.05, 4.69) is 29.4 Å². The second-order valence-corrected chi connectivity index (χ2v) is 6.51. The molecule has 1 aromatic carbocycles. The molecule has 0 bridgehead atoms. The van der Waals surface area contributed by atoms with Crippen LogP contribution in [0.3, 0.4) is 0 Å². The number of anilines is 1. The molecule has 1 aromatic rings. The van der Waals surface area contributed by atoms with Crippen LogP contribution >= 0.6 is 0 Å². The van der Waals surface area contributed by atoms with E-state index in [-0.39, 0.29) is 11.4 Å². The zero-order chi connectivity index (χ0) is 16.0. The molecular formula is C16H27N3O2. The van der Waals surface area contributed by atoms with E-state index < -0.39 is 6.10 Å². The van der Waals surface area contributed by atoms with Gasteiger partial charge in [0.15, 0.2) is 0 Å². The summed E-state index contributed by atoms with van der Waals surface area (Å²) in [6.07, 6.45) is -0.547. The summed E-state index contributed by atoms with van der Waals surface area (Å²) in [5.74, 6) is 0. The first-order valence-corrected chi connectivity index (χ1v) is 7.17. The fraction of sp³-hybridized carbons (Fsp3) is 0.562. The molecular weight excluding hydrogens is 266 g/mol. The third-order valence-corrected chi connectivity index (χ3v) is 3.10. The third-order valence-electron chi connectivity index (χ3n) is 3.10. The summed E-state index contributed by atoms with van der Waals surface area (Å²) in [7, 11) is 4.03. The molecule has 118 valence electrons. The van der Waals surface area contributed by atoms with Crippen molar-refractivity contribution in [3.8, 4) is 0 Å². The fourth-order valence-electron chi connectivity index (χ4n) is 2.28. The maximum absolute atomic E-state index is 11.9. The molecule has 0 heterocycles. The highest BCUT2D eigenvalue weighted by atomic mass is 16.3. The van der Waals surface area contributed by atoms with Gasteiger partial charge in [-0.25, -0.2) is 4.79 Å². The van der Waals surface area contributed by atoms with E-state index in [1.807, 2.05) is 26.2 Å². The van der Waals surface area contributed by atoms with Gasteiger partial charge in [0, 0.05) is 18.8 Å². The summed E-state index contributed by atoms with van der Waals surface area (Å²) in [4.78, 5) is 14.0. The Balaban J connectivity index is 2.52. The topological polar surface area (TPSA) is 64.6 Å². The number of nitrogens with zero attached hydrogens (tertiary/aromatic N) is 1. The van der Waals surface area contributed by atoms with Gasteiger partial charge in [0.1, 0.15) is 0 Å². The largest absolute Gasteiger partial charge is 0.389 e. The highest BCUT2D eigenvalue weighted by Crippen LogP contribution is 2.17. The number of aliphatic hydroxyl groups is 1. The van der Waals surface area contributed by atoms with E-state index in [0.717, 1.165) is 12.1 Å². The van der Waals surface area contributed by atoms with Crippen molar-refractivity contribution in [3.63, 3.8) is 0 Å². The molecule has 1 rings (SSSR count). The Kier molecular flexibility index (Phi) is 6.18. The molecule has 0 aromatic heterocycles. The summed E-state index contributed by atoms with van der Waals surface area (Å²) >= 11 is 0. The summed E-state index contributed by atoms with van der Waals surface area (Å²) < 4.78 is 0. The summed E-state index contributed by atoms with van der Waals surface area (Å²) in [5.41, 5.74) is 1.46. The lowest BCUT2D eigenvalue weighted by atomic mass is 9.93. The van der Waals surface area contributed by atoms with Crippen LogP contribution < -0.4 is 10.6 Å². The van der Waals surface area contributed by atoms with Crippen LogP contribution in [0.1, 0.15) is 32.4 Å². The highest BCUT2D eigenvalue weighted by Gasteiger charge is 2.19. The van der Waals surface area contributed by atoms with Gasteiger partial charge in [-0.2, -0.15) is 0 Å². The molecule has 1 atom stereocenters. The summed E-state index contributed by atoms with van der Waals surface area (Å²) in [6.45, 7) is 7.41. The fourth-order valence-corrected chi connectivity index (χ4v) is 2.28. The van der Waals surface area contributed by atoms with Crippen LogP contribution in [0.5, 0.6) is 0 Å². The standard InChI is InChI=1S/C16H27N3O2/c1-12(20)13-7-6-8-14(9-13)18-15(21)17-10-16(2,3)11-19(4)5/h6-9,12,20H,10-11H2,1-5H3,(H2,17,18,21). The van der Waals surface area contributed by atoms with Crippen LogP contribution in [0.15, 0.2) is 24.3 Å². The monoisotopic (exact) mass is 293 g/mol. The van der Waals surface area contributed by atoms with Gasteiger partial charge in [-0.3, -0.25) is 0 Å². The van der Waals surface area contributed by atoms with Crippen LogP contribution in [0.2, 0.25) is 0 Å². The molecule has 1 unspecified atom stereocenters. The van der Waals surface area contributed by atoms with Gasteiger partial charge in [-0.1, -0.05) is 26.0 Å². The Hall–Kier alpha value is -1.59. The van der Waals surface area contributed by atoms with Crippen LogP contribution in [-0.2, 0) is 0 Å². The first-order chi connectivity index (χ1) is 9.69. The second-order valence-electron chi connectivity index (χ2n) is 6.51. The Morgan fingerprint density at radius 3 is 2.62 bits per heavy atom. The number of carbonyl (C=O) groups excluding carboxylic acids is 1. The van der Waals surface area contributed by atoms with Gasteiger partial charge >= 0.3 is 6.03 Å². The zero-order valence-electron chi connectivity index (χ0n) is 13.6. The molecule has 0 aliphatic heterocycles. The molecule has 0 aliphatic rings. The molecule has 3 N–H and O–H groups in total. The van der Waals surface area contributed by atoms with Crippen molar-refractivity contribution in [1.29, 1.82) is 0 Å². The second kappa shape index (κ2) is 7.43. The van der Waals surface area contributed by atoms with Crippen LogP contribution in [0.4, 0.5) is 10.5 Å². The molecule has 2 amide bonds. The van der Waals surface area contributed by atoms with Gasteiger partial charge in [0.2, 0.25) is 0 Å². The molecule has 0 saturated heterocycles.